The summed E-state index contributed by atoms with van der Waals surface area (Å²) in [6, 6.07) is 5.09. The summed E-state index contributed by atoms with van der Waals surface area (Å²) in [6.45, 7) is 3.73. The second kappa shape index (κ2) is 6.15. The van der Waals surface area contributed by atoms with Crippen LogP contribution in [0, 0.1) is 0 Å². The zero-order valence-electron chi connectivity index (χ0n) is 10.8. The van der Waals surface area contributed by atoms with E-state index in [0.717, 1.165) is 16.7 Å². The molecule has 1 aromatic carbocycles. The zero-order chi connectivity index (χ0) is 14.7. The number of nitrogens with zero attached hydrogens (tertiary/aromatic N) is 1. The van der Waals surface area contributed by atoms with Gasteiger partial charge in [-0.2, -0.15) is 0 Å². The third-order valence-electron chi connectivity index (χ3n) is 2.66. The first kappa shape index (κ1) is 14.7. The summed E-state index contributed by atoms with van der Waals surface area (Å²) in [5, 5.41) is 0.226. The van der Waals surface area contributed by atoms with Gasteiger partial charge in [0.1, 0.15) is 5.75 Å². The Morgan fingerprint density at radius 1 is 1.45 bits per heavy atom. The van der Waals surface area contributed by atoms with Crippen LogP contribution in [0.2, 0.25) is 5.02 Å². The molecule has 4 nitrogen and oxygen atoms in total. The first-order valence-corrected chi connectivity index (χ1v) is 6.96. The zero-order valence-corrected chi connectivity index (χ0v) is 12.3. The van der Waals surface area contributed by atoms with Crippen molar-refractivity contribution >= 4 is 40.6 Å². The molecule has 1 aromatic rings. The van der Waals surface area contributed by atoms with Crippen LogP contribution in [0.5, 0.6) is 5.75 Å². The Labute approximate surface area is 126 Å². The van der Waals surface area contributed by atoms with E-state index in [1.807, 2.05) is 0 Å². The number of hydrogen-bond acceptors (Lipinski definition) is 4. The lowest BCUT2D eigenvalue weighted by Crippen LogP contribution is -2.27. The van der Waals surface area contributed by atoms with Crippen molar-refractivity contribution in [2.75, 3.05) is 13.7 Å². The normalized spacial score (nSPS) is 16.9. The van der Waals surface area contributed by atoms with Crippen LogP contribution in [0.15, 0.2) is 35.8 Å². The molecule has 0 aromatic heterocycles. The molecule has 0 aliphatic carbocycles. The van der Waals surface area contributed by atoms with Crippen molar-refractivity contribution in [1.82, 2.24) is 4.90 Å². The second-order valence-electron chi connectivity index (χ2n) is 3.97. The SMILES string of the molecule is C=CCN1C(=O)S/C(=C\c2cc(Cl)ccc2OC)C1=O. The predicted octanol–water partition coefficient (Wildman–Crippen LogP) is 3.57. The van der Waals surface area contributed by atoms with Crippen LogP contribution >= 0.6 is 23.4 Å². The Hall–Kier alpha value is -1.72. The molecule has 1 aliphatic heterocycles. The molecule has 1 fully saturated rings. The topological polar surface area (TPSA) is 46.6 Å². The number of methoxy groups -OCH3 is 1. The Morgan fingerprint density at radius 3 is 2.85 bits per heavy atom. The van der Waals surface area contributed by atoms with Gasteiger partial charge in [0.15, 0.2) is 0 Å². The van der Waals surface area contributed by atoms with Crippen LogP contribution in [0.25, 0.3) is 6.08 Å². The van der Waals surface area contributed by atoms with Crippen molar-refractivity contribution in [2.24, 2.45) is 0 Å². The molecule has 1 heterocycles. The summed E-state index contributed by atoms with van der Waals surface area (Å²) in [7, 11) is 1.53. The van der Waals surface area contributed by atoms with Crippen molar-refractivity contribution in [2.45, 2.75) is 0 Å². The molecular formula is C14H12ClNO3S. The lowest BCUT2D eigenvalue weighted by molar-refractivity contribution is -0.122. The molecule has 1 saturated heterocycles. The van der Waals surface area contributed by atoms with Crippen molar-refractivity contribution in [3.05, 3.63) is 46.3 Å². The maximum Gasteiger partial charge on any atom is 0.293 e. The minimum Gasteiger partial charge on any atom is -0.496 e. The molecule has 0 atom stereocenters. The van der Waals surface area contributed by atoms with Crippen molar-refractivity contribution in [3.8, 4) is 5.75 Å². The van der Waals surface area contributed by atoms with Gasteiger partial charge in [0.05, 0.1) is 12.0 Å². The van der Waals surface area contributed by atoms with E-state index in [4.69, 9.17) is 16.3 Å². The molecule has 0 saturated carbocycles. The number of rotatable bonds is 4. The number of hydrogen-bond donors (Lipinski definition) is 0. The largest absolute Gasteiger partial charge is 0.496 e. The second-order valence-corrected chi connectivity index (χ2v) is 5.40. The standard InChI is InChI=1S/C14H12ClNO3S/c1-3-6-16-13(17)12(20-14(16)18)8-9-7-10(15)4-5-11(9)19-2/h3-5,7-8H,1,6H2,2H3/b12-8-. The summed E-state index contributed by atoms with van der Waals surface area (Å²) >= 11 is 6.83. The molecule has 104 valence electrons. The highest BCUT2D eigenvalue weighted by Gasteiger charge is 2.34. The highest BCUT2D eigenvalue weighted by molar-refractivity contribution is 8.18. The number of carbonyl (C=O) groups excluding carboxylic acids is 2. The van der Waals surface area contributed by atoms with Crippen molar-refractivity contribution < 1.29 is 14.3 Å². The molecule has 0 unspecified atom stereocenters. The predicted molar refractivity (Wildman–Crippen MR) is 80.9 cm³/mol. The van der Waals surface area contributed by atoms with Gasteiger partial charge < -0.3 is 4.74 Å². The third kappa shape index (κ3) is 2.89. The van der Waals surface area contributed by atoms with Crippen LogP contribution in [0.4, 0.5) is 4.79 Å². The maximum atomic E-state index is 12.1. The summed E-state index contributed by atoms with van der Waals surface area (Å²) in [5.41, 5.74) is 0.657. The van der Waals surface area contributed by atoms with Crippen molar-refractivity contribution in [1.29, 1.82) is 0 Å². The van der Waals surface area contributed by atoms with Gasteiger partial charge in [-0.1, -0.05) is 17.7 Å². The molecule has 0 N–H and O–H groups in total. The first-order valence-electron chi connectivity index (χ1n) is 5.76. The van der Waals surface area contributed by atoms with E-state index in [2.05, 4.69) is 6.58 Å². The van der Waals surface area contributed by atoms with Crippen LogP contribution < -0.4 is 4.74 Å². The quantitative estimate of drug-likeness (QED) is 0.630. The Morgan fingerprint density at radius 2 is 2.20 bits per heavy atom. The third-order valence-corrected chi connectivity index (χ3v) is 3.81. The average molecular weight is 310 g/mol. The summed E-state index contributed by atoms with van der Waals surface area (Å²) < 4.78 is 5.21. The molecule has 0 spiro atoms. The summed E-state index contributed by atoms with van der Waals surface area (Å²) in [5.74, 6) is 0.256. The molecule has 2 amide bonds. The average Bonchev–Trinajstić information content (AvgIpc) is 2.67. The molecule has 0 radical (unpaired) electrons. The number of benzene rings is 1. The van der Waals surface area contributed by atoms with Crippen molar-refractivity contribution in [3.63, 3.8) is 0 Å². The number of halogens is 1. The highest BCUT2D eigenvalue weighted by Crippen LogP contribution is 2.34. The summed E-state index contributed by atoms with van der Waals surface area (Å²) in [6.07, 6.45) is 3.12. The molecular weight excluding hydrogens is 298 g/mol. The number of imide groups is 1. The van der Waals surface area contributed by atoms with Gasteiger partial charge in [-0.25, -0.2) is 0 Å². The van der Waals surface area contributed by atoms with E-state index in [1.165, 1.54) is 13.2 Å². The van der Waals surface area contributed by atoms with E-state index in [9.17, 15) is 9.59 Å². The van der Waals surface area contributed by atoms with Gasteiger partial charge in [-0.15, -0.1) is 6.58 Å². The Bertz CT molecular complexity index is 612. The van der Waals surface area contributed by atoms with E-state index in [-0.39, 0.29) is 17.7 Å². The van der Waals surface area contributed by atoms with Gasteiger partial charge >= 0.3 is 0 Å². The number of ether oxygens (including phenoxy) is 1. The van der Waals surface area contributed by atoms with E-state index in [1.54, 1.807) is 24.3 Å². The van der Waals surface area contributed by atoms with Crippen LogP contribution in [-0.2, 0) is 4.79 Å². The summed E-state index contributed by atoms with van der Waals surface area (Å²) in [4.78, 5) is 25.3. The highest BCUT2D eigenvalue weighted by atomic mass is 35.5. The van der Waals surface area contributed by atoms with Gasteiger partial charge in [0, 0.05) is 17.1 Å². The van der Waals surface area contributed by atoms with E-state index in [0.29, 0.717) is 21.2 Å². The van der Waals surface area contributed by atoms with E-state index < -0.39 is 0 Å². The number of carbonyl (C=O) groups is 2. The maximum absolute atomic E-state index is 12.1. The van der Waals surface area contributed by atoms with Crippen LogP contribution in [0.1, 0.15) is 5.56 Å². The monoisotopic (exact) mass is 309 g/mol. The number of amides is 2. The smallest absolute Gasteiger partial charge is 0.293 e. The molecule has 20 heavy (non-hydrogen) atoms. The fraction of sp³-hybridized carbons (Fsp3) is 0.143. The lowest BCUT2D eigenvalue weighted by Gasteiger charge is -2.08. The van der Waals surface area contributed by atoms with Gasteiger partial charge in [-0.3, -0.25) is 14.5 Å². The van der Waals surface area contributed by atoms with Gasteiger partial charge in [-0.05, 0) is 36.0 Å². The fourth-order valence-corrected chi connectivity index (χ4v) is 2.77. The number of thioether (sulfide) groups is 1. The lowest BCUT2D eigenvalue weighted by atomic mass is 10.2. The first-order chi connectivity index (χ1) is 9.56. The minimum absolute atomic E-state index is 0.203. The fourth-order valence-electron chi connectivity index (χ4n) is 1.75. The van der Waals surface area contributed by atoms with Gasteiger partial charge in [0.25, 0.3) is 11.1 Å². The molecule has 6 heteroatoms. The minimum atomic E-state index is -0.332. The van der Waals surface area contributed by atoms with Crippen LogP contribution in [-0.4, -0.2) is 29.7 Å². The Balaban J connectivity index is 2.37. The van der Waals surface area contributed by atoms with E-state index >= 15 is 0 Å². The van der Waals surface area contributed by atoms with Crippen LogP contribution in [0.3, 0.4) is 0 Å². The molecule has 1 aliphatic rings. The Kier molecular flexibility index (Phi) is 4.52. The molecule has 0 bridgehead atoms. The molecule has 2 rings (SSSR count). The van der Waals surface area contributed by atoms with Gasteiger partial charge in [0.2, 0.25) is 0 Å².